The van der Waals surface area contributed by atoms with Gasteiger partial charge in [0.1, 0.15) is 19.8 Å². The molecule has 0 aliphatic heterocycles. The maximum atomic E-state index is 12.8. The van der Waals surface area contributed by atoms with Gasteiger partial charge in [-0.2, -0.15) is 0 Å². The van der Waals surface area contributed by atoms with Crippen molar-refractivity contribution >= 4 is 19.8 Å². The molecule has 1 N–H and O–H groups in total. The fraction of sp³-hybridized carbons (Fsp3) is 0.768. The number of nitrogens with zero attached hydrogens (tertiary/aromatic N) is 1. The molecule has 0 amide bonds. The van der Waals surface area contributed by atoms with Crippen LogP contribution in [0.25, 0.3) is 0 Å². The minimum absolute atomic E-state index is 0.0304. The largest absolute Gasteiger partial charge is 0.472 e. The van der Waals surface area contributed by atoms with Gasteiger partial charge in [-0.3, -0.25) is 18.6 Å². The third kappa shape index (κ3) is 64.2. The molecule has 0 saturated carbocycles. The lowest BCUT2D eigenvalue weighted by Gasteiger charge is -2.24. The Hall–Kier alpha value is -2.81. The number of ether oxygens (including phenoxy) is 2. The second kappa shape index (κ2) is 59.8. The van der Waals surface area contributed by atoms with Gasteiger partial charge in [-0.05, 0) is 89.9 Å². The molecular weight excluding hydrogens is 1000 g/mol. The molecule has 0 heterocycles. The smallest absolute Gasteiger partial charge is 0.462 e. The van der Waals surface area contributed by atoms with Crippen LogP contribution < -0.4 is 0 Å². The van der Waals surface area contributed by atoms with Crippen molar-refractivity contribution in [2.24, 2.45) is 0 Å². The molecule has 0 radical (unpaired) electrons. The quantitative estimate of drug-likeness (QED) is 0.0211. The second-order valence-electron chi connectivity index (χ2n) is 23.1. The molecule has 2 atom stereocenters. The monoisotopic (exact) mass is 1130 g/mol. The number of carbonyl (C=O) groups is 2. The van der Waals surface area contributed by atoms with E-state index < -0.39 is 26.5 Å². The van der Waals surface area contributed by atoms with Crippen LogP contribution in [0.15, 0.2) is 85.1 Å². The lowest BCUT2D eigenvalue weighted by molar-refractivity contribution is -0.870. The third-order valence-electron chi connectivity index (χ3n) is 14.2. The van der Waals surface area contributed by atoms with E-state index in [1.165, 1.54) is 167 Å². The zero-order valence-electron chi connectivity index (χ0n) is 52.1. The summed E-state index contributed by atoms with van der Waals surface area (Å²) in [5, 5.41) is 0. The molecule has 10 heteroatoms. The first-order chi connectivity index (χ1) is 38.5. The van der Waals surface area contributed by atoms with E-state index in [1.54, 1.807) is 0 Å². The number of hydrogen-bond donors (Lipinski definition) is 1. The van der Waals surface area contributed by atoms with Crippen LogP contribution in [0, 0.1) is 0 Å². The van der Waals surface area contributed by atoms with Crippen LogP contribution in [0.5, 0.6) is 0 Å². The van der Waals surface area contributed by atoms with Gasteiger partial charge in [-0.1, -0.05) is 272 Å². The molecule has 2 unspecified atom stereocenters. The summed E-state index contributed by atoms with van der Waals surface area (Å²) in [6.45, 7) is 4.32. The van der Waals surface area contributed by atoms with E-state index in [1.807, 2.05) is 21.1 Å². The summed E-state index contributed by atoms with van der Waals surface area (Å²) < 4.78 is 34.6. The van der Waals surface area contributed by atoms with Crippen molar-refractivity contribution in [2.75, 3.05) is 47.5 Å². The van der Waals surface area contributed by atoms with Crippen LogP contribution in [0.4, 0.5) is 0 Å². The molecular formula is C69H125NO8P+. The minimum Gasteiger partial charge on any atom is -0.462 e. The Balaban J connectivity index is 3.91. The zero-order chi connectivity index (χ0) is 57.7. The Morgan fingerprint density at radius 2 is 0.722 bits per heavy atom. The topological polar surface area (TPSA) is 108 Å². The maximum absolute atomic E-state index is 12.8. The van der Waals surface area contributed by atoms with Gasteiger partial charge in [-0.15, -0.1) is 0 Å². The summed E-state index contributed by atoms with van der Waals surface area (Å²) in [4.78, 5) is 35.7. The van der Waals surface area contributed by atoms with Gasteiger partial charge >= 0.3 is 19.8 Å². The molecule has 79 heavy (non-hydrogen) atoms. The van der Waals surface area contributed by atoms with E-state index in [9.17, 15) is 19.0 Å². The number of hydrogen-bond acceptors (Lipinski definition) is 7. The molecule has 0 aliphatic rings. The van der Waals surface area contributed by atoms with E-state index in [0.717, 1.165) is 89.9 Å². The van der Waals surface area contributed by atoms with E-state index in [4.69, 9.17) is 18.5 Å². The average Bonchev–Trinajstić information content (AvgIpc) is 3.41. The van der Waals surface area contributed by atoms with Crippen molar-refractivity contribution in [1.82, 2.24) is 0 Å². The van der Waals surface area contributed by atoms with E-state index in [-0.39, 0.29) is 32.0 Å². The van der Waals surface area contributed by atoms with Gasteiger partial charge in [0.15, 0.2) is 6.10 Å². The molecule has 0 aromatic heterocycles. The zero-order valence-corrected chi connectivity index (χ0v) is 53.0. The van der Waals surface area contributed by atoms with Crippen LogP contribution in [0.3, 0.4) is 0 Å². The van der Waals surface area contributed by atoms with Crippen molar-refractivity contribution in [1.29, 1.82) is 0 Å². The number of carbonyl (C=O) groups excluding carboxylic acids is 2. The number of allylic oxidation sites excluding steroid dienone is 14. The molecule has 0 rings (SSSR count). The maximum Gasteiger partial charge on any atom is 0.472 e. The van der Waals surface area contributed by atoms with E-state index in [0.29, 0.717) is 17.4 Å². The highest BCUT2D eigenvalue weighted by atomic mass is 31.2. The highest BCUT2D eigenvalue weighted by Crippen LogP contribution is 2.43. The van der Waals surface area contributed by atoms with Gasteiger partial charge in [-0.25, -0.2) is 4.57 Å². The summed E-state index contributed by atoms with van der Waals surface area (Å²) >= 11 is 0. The van der Waals surface area contributed by atoms with Crippen molar-refractivity contribution in [3.63, 3.8) is 0 Å². The Labute approximate surface area is 488 Å². The number of esters is 2. The Morgan fingerprint density at radius 1 is 0.405 bits per heavy atom. The van der Waals surface area contributed by atoms with Crippen molar-refractivity contribution in [3.8, 4) is 0 Å². The first-order valence-electron chi connectivity index (χ1n) is 32.8. The van der Waals surface area contributed by atoms with Gasteiger partial charge < -0.3 is 18.9 Å². The number of phosphoric acid groups is 1. The lowest BCUT2D eigenvalue weighted by atomic mass is 10.0. The third-order valence-corrected chi connectivity index (χ3v) is 15.1. The summed E-state index contributed by atoms with van der Waals surface area (Å²) in [5.74, 6) is -0.798. The van der Waals surface area contributed by atoms with Crippen LogP contribution >= 0.6 is 7.82 Å². The fourth-order valence-corrected chi connectivity index (χ4v) is 9.88. The van der Waals surface area contributed by atoms with Crippen LogP contribution in [0.1, 0.15) is 290 Å². The number of rotatable bonds is 60. The number of unbranched alkanes of at least 4 members (excludes halogenated alkanes) is 32. The standard InChI is InChI=1S/C69H124NO8P/c1-6-8-10-12-14-16-18-20-22-23-24-25-26-27-28-29-30-31-32-33-34-35-36-37-38-39-40-41-42-43-44-45-46-47-48-50-52-54-56-58-60-62-69(72)78-67(66-77-79(73,74)76-64-63-70(3,4)5)65-75-68(71)61-59-57-55-53-51-49-21-19-17-15-13-11-9-7-2/h8,10,14,16,19-22,24-25,27-28,30-31,67H,6-7,9,11-13,15,17-18,23,26,29,32-66H2,1-5H3/p+1/b10-8-,16-14-,21-19-,22-20-,25-24-,28-27-,31-30-. The van der Waals surface area contributed by atoms with E-state index in [2.05, 4.69) is 98.9 Å². The van der Waals surface area contributed by atoms with Crippen LogP contribution in [-0.4, -0.2) is 74.9 Å². The first kappa shape index (κ1) is 76.2. The van der Waals surface area contributed by atoms with Gasteiger partial charge in [0.05, 0.1) is 27.7 Å². The SMILES string of the molecule is CC/C=C\C/C=C\C/C=C\C/C=C\C/C=C\C/C=C\CCCCCCCCCCCCCCCCCCCCCCCCC(=O)OC(COC(=O)CCCCCCC/C=C\CCCCCCC)COP(=O)(O)OCC[N+](C)(C)C. The summed E-state index contributed by atoms with van der Waals surface area (Å²) in [5.41, 5.74) is 0. The second-order valence-corrected chi connectivity index (χ2v) is 24.6. The Kier molecular flexibility index (Phi) is 57.7. The number of likely N-dealkylation sites (N-methyl/N-ethyl adjacent to an activating group) is 1. The van der Waals surface area contributed by atoms with Crippen molar-refractivity contribution in [3.05, 3.63) is 85.1 Å². The molecule has 0 saturated heterocycles. The first-order valence-corrected chi connectivity index (χ1v) is 34.3. The minimum atomic E-state index is -4.39. The Bertz CT molecular complexity index is 1610. The van der Waals surface area contributed by atoms with E-state index >= 15 is 0 Å². The van der Waals surface area contributed by atoms with Crippen LogP contribution in [0.2, 0.25) is 0 Å². The summed E-state index contributed by atoms with van der Waals surface area (Å²) in [6.07, 6.45) is 81.2. The molecule has 0 bridgehead atoms. The predicted molar refractivity (Wildman–Crippen MR) is 339 cm³/mol. The molecule has 0 aromatic carbocycles. The highest BCUT2D eigenvalue weighted by Gasteiger charge is 2.27. The molecule has 0 aromatic rings. The lowest BCUT2D eigenvalue weighted by Crippen LogP contribution is -2.37. The van der Waals surface area contributed by atoms with Crippen LogP contribution in [-0.2, 0) is 32.7 Å². The normalized spacial score (nSPS) is 13.7. The molecule has 9 nitrogen and oxygen atoms in total. The Morgan fingerprint density at radius 3 is 1.09 bits per heavy atom. The van der Waals surface area contributed by atoms with Crippen molar-refractivity contribution < 1.29 is 42.1 Å². The van der Waals surface area contributed by atoms with Crippen molar-refractivity contribution in [2.45, 2.75) is 296 Å². The van der Waals surface area contributed by atoms with Gasteiger partial charge in [0.2, 0.25) is 0 Å². The number of quaternary nitrogens is 1. The number of phosphoric ester groups is 1. The molecule has 0 fully saturated rings. The average molecular weight is 1130 g/mol. The fourth-order valence-electron chi connectivity index (χ4n) is 9.13. The summed E-state index contributed by atoms with van der Waals surface area (Å²) in [6, 6.07) is 0. The van der Waals surface area contributed by atoms with Gasteiger partial charge in [0.25, 0.3) is 0 Å². The van der Waals surface area contributed by atoms with Gasteiger partial charge in [0, 0.05) is 12.8 Å². The predicted octanol–water partition coefficient (Wildman–Crippen LogP) is 21.0. The summed E-state index contributed by atoms with van der Waals surface area (Å²) in [7, 11) is 1.48. The molecule has 458 valence electrons. The molecule has 0 aliphatic carbocycles. The highest BCUT2D eigenvalue weighted by molar-refractivity contribution is 7.47. The molecule has 0 spiro atoms.